The number of hydrogen-bond acceptors (Lipinski definition) is 4. The fourth-order valence-electron chi connectivity index (χ4n) is 3.65. The first-order chi connectivity index (χ1) is 9.63. The van der Waals surface area contributed by atoms with Gasteiger partial charge >= 0.3 is 0 Å². The van der Waals surface area contributed by atoms with Crippen LogP contribution in [0.5, 0.6) is 0 Å². The van der Waals surface area contributed by atoms with E-state index in [4.69, 9.17) is 5.73 Å². The molecule has 0 aromatic carbocycles. The van der Waals surface area contributed by atoms with E-state index in [-0.39, 0.29) is 18.0 Å². The summed E-state index contributed by atoms with van der Waals surface area (Å²) < 4.78 is 12.8. The second-order valence-electron chi connectivity index (χ2n) is 6.04. The number of aliphatic hydroxyl groups is 1. The number of fused-ring (bicyclic) bond motifs is 2. The molecule has 0 spiro atoms. The summed E-state index contributed by atoms with van der Waals surface area (Å²) in [6.45, 7) is 0.933. The summed E-state index contributed by atoms with van der Waals surface area (Å²) in [6, 6.07) is 3.94. The molecule has 3 unspecified atom stereocenters. The van der Waals surface area contributed by atoms with E-state index in [1.165, 1.54) is 25.1 Å². The van der Waals surface area contributed by atoms with Gasteiger partial charge in [0, 0.05) is 24.7 Å². The van der Waals surface area contributed by atoms with Crippen molar-refractivity contribution in [2.24, 2.45) is 5.73 Å². The maximum atomic E-state index is 12.8. The topological polar surface area (TPSA) is 62.4 Å². The Morgan fingerprint density at radius 1 is 1.35 bits per heavy atom. The van der Waals surface area contributed by atoms with Crippen molar-refractivity contribution in [3.05, 3.63) is 29.8 Å². The summed E-state index contributed by atoms with van der Waals surface area (Å²) in [4.78, 5) is 6.55. The predicted molar refractivity (Wildman–Crippen MR) is 74.5 cm³/mol. The third kappa shape index (κ3) is 2.85. The highest BCUT2D eigenvalue weighted by molar-refractivity contribution is 5.09. The molecule has 2 aliphatic rings. The Labute approximate surface area is 118 Å². The Morgan fingerprint density at radius 3 is 2.65 bits per heavy atom. The molecule has 0 radical (unpaired) electrons. The lowest BCUT2D eigenvalue weighted by Crippen LogP contribution is -2.45. The first kappa shape index (κ1) is 13.9. The number of piperidine rings is 1. The van der Waals surface area contributed by atoms with Crippen LogP contribution in [-0.2, 0) is 0 Å². The van der Waals surface area contributed by atoms with Gasteiger partial charge in [-0.2, -0.15) is 0 Å². The molecule has 5 heteroatoms. The Balaban J connectivity index is 1.56. The van der Waals surface area contributed by atoms with Gasteiger partial charge in [-0.05, 0) is 44.2 Å². The zero-order valence-corrected chi connectivity index (χ0v) is 11.6. The van der Waals surface area contributed by atoms with Crippen molar-refractivity contribution in [3.8, 4) is 0 Å². The lowest BCUT2D eigenvalue weighted by Gasteiger charge is -2.37. The van der Waals surface area contributed by atoms with Gasteiger partial charge in [0.25, 0.3) is 0 Å². The standard InChI is InChI=1S/C15H22FN3O/c16-10-1-4-15(18-9-10)14(17)5-6-19-11-2-3-12(19)8-13(20)7-11/h1,4,9,11-14,20H,2-3,5-8,17H2. The molecule has 0 aliphatic carbocycles. The van der Waals surface area contributed by atoms with Gasteiger partial charge in [-0.3, -0.25) is 9.88 Å². The minimum atomic E-state index is -0.330. The maximum absolute atomic E-state index is 12.8. The van der Waals surface area contributed by atoms with E-state index in [0.29, 0.717) is 12.1 Å². The molecule has 3 N–H and O–H groups in total. The van der Waals surface area contributed by atoms with Crippen LogP contribution >= 0.6 is 0 Å². The van der Waals surface area contributed by atoms with Crippen molar-refractivity contribution >= 4 is 0 Å². The van der Waals surface area contributed by atoms with Crippen LogP contribution in [0.15, 0.2) is 18.3 Å². The van der Waals surface area contributed by atoms with Crippen molar-refractivity contribution in [1.29, 1.82) is 0 Å². The Kier molecular flexibility index (Phi) is 4.01. The molecule has 3 rings (SSSR count). The minimum absolute atomic E-state index is 0.129. The van der Waals surface area contributed by atoms with Crippen LogP contribution < -0.4 is 5.73 Å². The predicted octanol–water partition coefficient (Wildman–Crippen LogP) is 1.60. The van der Waals surface area contributed by atoms with Gasteiger partial charge in [0.05, 0.1) is 18.0 Å². The van der Waals surface area contributed by atoms with Crippen molar-refractivity contribution < 1.29 is 9.50 Å². The summed E-state index contributed by atoms with van der Waals surface area (Å²) >= 11 is 0. The highest BCUT2D eigenvalue weighted by Crippen LogP contribution is 2.36. The van der Waals surface area contributed by atoms with Gasteiger partial charge in [-0.15, -0.1) is 0 Å². The van der Waals surface area contributed by atoms with Crippen LogP contribution in [0.3, 0.4) is 0 Å². The molecule has 0 saturated carbocycles. The van der Waals surface area contributed by atoms with Gasteiger partial charge in [0.15, 0.2) is 0 Å². The maximum Gasteiger partial charge on any atom is 0.141 e. The normalized spacial score (nSPS) is 31.4. The molecular formula is C15H22FN3O. The van der Waals surface area contributed by atoms with Crippen molar-refractivity contribution in [1.82, 2.24) is 9.88 Å². The van der Waals surface area contributed by atoms with Gasteiger partial charge in [-0.1, -0.05) is 0 Å². The van der Waals surface area contributed by atoms with Crippen molar-refractivity contribution in [2.75, 3.05) is 6.54 Å². The molecule has 20 heavy (non-hydrogen) atoms. The molecule has 3 atom stereocenters. The lowest BCUT2D eigenvalue weighted by molar-refractivity contribution is 0.0340. The number of aliphatic hydroxyl groups excluding tert-OH is 1. The Hall–Kier alpha value is -1.04. The van der Waals surface area contributed by atoms with E-state index in [1.54, 1.807) is 6.07 Å². The monoisotopic (exact) mass is 279 g/mol. The molecule has 2 fully saturated rings. The van der Waals surface area contributed by atoms with Crippen molar-refractivity contribution in [3.63, 3.8) is 0 Å². The molecule has 3 heterocycles. The van der Waals surface area contributed by atoms with Gasteiger partial charge in [0.2, 0.25) is 0 Å². The number of hydrogen-bond donors (Lipinski definition) is 2. The second kappa shape index (κ2) is 5.76. The van der Waals surface area contributed by atoms with Crippen LogP contribution in [0.2, 0.25) is 0 Å². The zero-order valence-electron chi connectivity index (χ0n) is 11.6. The summed E-state index contributed by atoms with van der Waals surface area (Å²) in [6.07, 6.45) is 6.06. The van der Waals surface area contributed by atoms with E-state index in [9.17, 15) is 9.50 Å². The van der Waals surface area contributed by atoms with E-state index < -0.39 is 0 Å². The minimum Gasteiger partial charge on any atom is -0.393 e. The summed E-state index contributed by atoms with van der Waals surface area (Å²) in [7, 11) is 0. The number of halogens is 1. The molecule has 0 amide bonds. The van der Waals surface area contributed by atoms with E-state index in [2.05, 4.69) is 9.88 Å². The molecular weight excluding hydrogens is 257 g/mol. The fourth-order valence-corrected chi connectivity index (χ4v) is 3.65. The zero-order chi connectivity index (χ0) is 14.1. The number of aromatic nitrogens is 1. The second-order valence-corrected chi connectivity index (χ2v) is 6.04. The highest BCUT2D eigenvalue weighted by atomic mass is 19.1. The average Bonchev–Trinajstić information content (AvgIpc) is 2.67. The average molecular weight is 279 g/mol. The summed E-state index contributed by atoms with van der Waals surface area (Å²) in [5, 5.41) is 9.79. The summed E-state index contributed by atoms with van der Waals surface area (Å²) in [5.74, 6) is -0.330. The van der Waals surface area contributed by atoms with E-state index >= 15 is 0 Å². The molecule has 2 saturated heterocycles. The van der Waals surface area contributed by atoms with Gasteiger partial charge in [0.1, 0.15) is 5.82 Å². The molecule has 2 aliphatic heterocycles. The Bertz CT molecular complexity index is 439. The number of nitrogens with two attached hydrogens (primary N) is 1. The molecule has 1 aromatic rings. The molecule has 2 bridgehead atoms. The highest BCUT2D eigenvalue weighted by Gasteiger charge is 2.39. The van der Waals surface area contributed by atoms with Crippen molar-refractivity contribution in [2.45, 2.75) is 56.3 Å². The lowest BCUT2D eigenvalue weighted by atomic mass is 9.99. The largest absolute Gasteiger partial charge is 0.393 e. The van der Waals surface area contributed by atoms with E-state index in [0.717, 1.165) is 31.5 Å². The van der Waals surface area contributed by atoms with Gasteiger partial charge < -0.3 is 10.8 Å². The Morgan fingerprint density at radius 2 is 2.05 bits per heavy atom. The van der Waals surface area contributed by atoms with Crippen LogP contribution in [0.1, 0.15) is 43.8 Å². The van der Waals surface area contributed by atoms with Crippen LogP contribution in [0.25, 0.3) is 0 Å². The molecule has 1 aromatic heterocycles. The molecule has 4 nitrogen and oxygen atoms in total. The smallest absolute Gasteiger partial charge is 0.141 e. The third-order valence-electron chi connectivity index (χ3n) is 4.69. The summed E-state index contributed by atoms with van der Waals surface area (Å²) in [5.41, 5.74) is 6.89. The third-order valence-corrected chi connectivity index (χ3v) is 4.69. The van der Waals surface area contributed by atoms with Crippen LogP contribution in [-0.4, -0.2) is 39.7 Å². The first-order valence-corrected chi connectivity index (χ1v) is 7.44. The van der Waals surface area contributed by atoms with Crippen LogP contribution in [0.4, 0.5) is 4.39 Å². The number of rotatable bonds is 4. The number of nitrogens with zero attached hydrogens (tertiary/aromatic N) is 2. The molecule has 110 valence electrons. The SMILES string of the molecule is NC(CCN1C2CCC1CC(O)C2)c1ccc(F)cn1. The first-order valence-electron chi connectivity index (χ1n) is 7.44. The number of pyridine rings is 1. The quantitative estimate of drug-likeness (QED) is 0.879. The van der Waals surface area contributed by atoms with Gasteiger partial charge in [-0.25, -0.2) is 4.39 Å². The van der Waals surface area contributed by atoms with Crippen LogP contribution in [0, 0.1) is 5.82 Å². The fraction of sp³-hybridized carbons (Fsp3) is 0.667. The van der Waals surface area contributed by atoms with E-state index in [1.807, 2.05) is 0 Å².